The minimum atomic E-state index is -0.794. The van der Waals surface area contributed by atoms with Crippen LogP contribution in [0.5, 0.6) is 0 Å². The highest BCUT2D eigenvalue weighted by Gasteiger charge is 2.22. The van der Waals surface area contributed by atoms with Crippen molar-refractivity contribution >= 4 is 39.4 Å². The zero-order valence-corrected chi connectivity index (χ0v) is 13.7. The van der Waals surface area contributed by atoms with E-state index in [0.29, 0.717) is 43.3 Å². The number of aliphatic carboxylic acids is 1. The predicted octanol–water partition coefficient (Wildman–Crippen LogP) is 2.33. The van der Waals surface area contributed by atoms with E-state index < -0.39 is 5.97 Å². The Kier molecular flexibility index (Phi) is 5.61. The van der Waals surface area contributed by atoms with Crippen LogP contribution in [0.1, 0.15) is 16.8 Å². The summed E-state index contributed by atoms with van der Waals surface area (Å²) in [5, 5.41) is 9.19. The summed E-state index contributed by atoms with van der Waals surface area (Å²) in [5.74, 6) is -0.833. The van der Waals surface area contributed by atoms with Gasteiger partial charge in [-0.2, -0.15) is 0 Å². The highest BCUT2D eigenvalue weighted by molar-refractivity contribution is 9.10. The molecule has 1 aromatic rings. The van der Waals surface area contributed by atoms with Crippen molar-refractivity contribution in [2.45, 2.75) is 6.42 Å². The summed E-state index contributed by atoms with van der Waals surface area (Å²) in [7, 11) is 0. The van der Waals surface area contributed by atoms with Crippen LogP contribution in [0.3, 0.4) is 0 Å². The maximum absolute atomic E-state index is 12.4. The molecule has 21 heavy (non-hydrogen) atoms. The number of amides is 1. The van der Waals surface area contributed by atoms with Crippen LogP contribution in [-0.2, 0) is 4.79 Å². The lowest BCUT2D eigenvalue weighted by Crippen LogP contribution is -2.49. The van der Waals surface area contributed by atoms with Crippen molar-refractivity contribution < 1.29 is 14.7 Å². The Morgan fingerprint density at radius 2 is 1.90 bits per heavy atom. The highest BCUT2D eigenvalue weighted by Crippen LogP contribution is 2.24. The molecule has 0 aliphatic carbocycles. The van der Waals surface area contributed by atoms with E-state index in [-0.39, 0.29) is 12.3 Å². The van der Waals surface area contributed by atoms with Gasteiger partial charge in [-0.1, -0.05) is 11.6 Å². The van der Waals surface area contributed by atoms with E-state index in [1.54, 1.807) is 23.1 Å². The quantitative estimate of drug-likeness (QED) is 0.877. The first kappa shape index (κ1) is 16.3. The number of carboxylic acids is 1. The number of halogens is 2. The Hall–Kier alpha value is -1.11. The van der Waals surface area contributed by atoms with Gasteiger partial charge in [0.25, 0.3) is 5.91 Å². The molecule has 114 valence electrons. The Balaban J connectivity index is 1.90. The molecule has 5 nitrogen and oxygen atoms in total. The van der Waals surface area contributed by atoms with Gasteiger partial charge in [0.2, 0.25) is 0 Å². The number of nitrogens with zero attached hydrogens (tertiary/aromatic N) is 2. The maximum Gasteiger partial charge on any atom is 0.304 e. The average molecular weight is 376 g/mol. The van der Waals surface area contributed by atoms with E-state index in [9.17, 15) is 9.59 Å². The molecule has 7 heteroatoms. The number of carboxylic acid groups (broad SMARTS) is 1. The molecule has 0 aromatic heterocycles. The normalized spacial score (nSPS) is 16.0. The lowest BCUT2D eigenvalue weighted by Gasteiger charge is -2.34. The number of carbonyl (C=O) groups excluding carboxylic acids is 1. The number of rotatable bonds is 4. The maximum atomic E-state index is 12.4. The fourth-order valence-electron chi connectivity index (χ4n) is 2.24. The van der Waals surface area contributed by atoms with E-state index in [2.05, 4.69) is 20.8 Å². The zero-order chi connectivity index (χ0) is 15.4. The minimum Gasteiger partial charge on any atom is -0.481 e. The van der Waals surface area contributed by atoms with Crippen LogP contribution in [0.25, 0.3) is 0 Å². The second-order valence-corrected chi connectivity index (χ2v) is 6.17. The molecule has 1 amide bonds. The second kappa shape index (κ2) is 7.24. The molecule has 0 saturated carbocycles. The highest BCUT2D eigenvalue weighted by atomic mass is 79.9. The van der Waals surface area contributed by atoms with Crippen LogP contribution in [0.15, 0.2) is 22.7 Å². The summed E-state index contributed by atoms with van der Waals surface area (Å²) in [6.45, 7) is 3.13. The molecule has 1 heterocycles. The van der Waals surface area contributed by atoms with E-state index in [4.69, 9.17) is 16.7 Å². The summed E-state index contributed by atoms with van der Waals surface area (Å²) in [5.41, 5.74) is 0.571. The largest absolute Gasteiger partial charge is 0.481 e. The minimum absolute atomic E-state index is 0.0396. The molecule has 1 aromatic carbocycles. The molecule has 0 radical (unpaired) electrons. The summed E-state index contributed by atoms with van der Waals surface area (Å²) < 4.78 is 0.763. The van der Waals surface area contributed by atoms with Crippen LogP contribution in [-0.4, -0.2) is 59.5 Å². The number of carbonyl (C=O) groups is 2. The molecule has 1 N–H and O–H groups in total. The first-order valence-corrected chi connectivity index (χ1v) is 7.83. The van der Waals surface area contributed by atoms with Gasteiger partial charge in [-0.25, -0.2) is 0 Å². The standard InChI is InChI=1S/C14H16BrClN2O3/c15-11-2-1-10(9-12(11)16)14(21)18-7-5-17(6-8-18)4-3-13(19)20/h1-2,9H,3-8H2,(H,19,20). The smallest absolute Gasteiger partial charge is 0.304 e. The van der Waals surface area contributed by atoms with Gasteiger partial charge >= 0.3 is 5.97 Å². The molecular formula is C14H16BrClN2O3. The Bertz CT molecular complexity index is 545. The SMILES string of the molecule is O=C(O)CCN1CCN(C(=O)c2ccc(Br)c(Cl)c2)CC1. The summed E-state index contributed by atoms with van der Waals surface area (Å²) in [6.07, 6.45) is 0.135. The monoisotopic (exact) mass is 374 g/mol. The molecule has 0 atom stereocenters. The number of benzene rings is 1. The van der Waals surface area contributed by atoms with E-state index in [1.807, 2.05) is 0 Å². The van der Waals surface area contributed by atoms with Crippen molar-refractivity contribution in [2.75, 3.05) is 32.7 Å². The van der Waals surface area contributed by atoms with Gasteiger partial charge in [-0.15, -0.1) is 0 Å². The first-order valence-electron chi connectivity index (χ1n) is 6.66. The summed E-state index contributed by atoms with van der Waals surface area (Å²) in [4.78, 5) is 26.8. The Morgan fingerprint density at radius 1 is 1.24 bits per heavy atom. The van der Waals surface area contributed by atoms with Gasteiger partial charge in [0.1, 0.15) is 0 Å². The van der Waals surface area contributed by atoms with E-state index in [0.717, 1.165) is 4.47 Å². The van der Waals surface area contributed by atoms with Crippen molar-refractivity contribution in [3.8, 4) is 0 Å². The molecular weight excluding hydrogens is 360 g/mol. The average Bonchev–Trinajstić information content (AvgIpc) is 2.48. The third kappa shape index (κ3) is 4.43. The fraction of sp³-hybridized carbons (Fsp3) is 0.429. The van der Waals surface area contributed by atoms with Gasteiger partial charge in [0.05, 0.1) is 11.4 Å². The van der Waals surface area contributed by atoms with Crippen molar-refractivity contribution in [3.05, 3.63) is 33.3 Å². The van der Waals surface area contributed by atoms with Crippen LogP contribution in [0.4, 0.5) is 0 Å². The van der Waals surface area contributed by atoms with E-state index >= 15 is 0 Å². The lowest BCUT2D eigenvalue weighted by atomic mass is 10.2. The molecule has 1 aliphatic rings. The second-order valence-electron chi connectivity index (χ2n) is 4.91. The van der Waals surface area contributed by atoms with Gasteiger partial charge < -0.3 is 10.0 Å². The van der Waals surface area contributed by atoms with Crippen molar-refractivity contribution in [3.63, 3.8) is 0 Å². The van der Waals surface area contributed by atoms with Gasteiger partial charge in [0.15, 0.2) is 0 Å². The third-order valence-electron chi connectivity index (χ3n) is 3.47. The van der Waals surface area contributed by atoms with Crippen LogP contribution in [0, 0.1) is 0 Å². The van der Waals surface area contributed by atoms with Crippen molar-refractivity contribution in [2.24, 2.45) is 0 Å². The zero-order valence-electron chi connectivity index (χ0n) is 11.4. The molecule has 1 aliphatic heterocycles. The number of hydrogen-bond donors (Lipinski definition) is 1. The summed E-state index contributed by atoms with van der Waals surface area (Å²) >= 11 is 9.31. The molecule has 0 bridgehead atoms. The molecule has 0 unspecified atom stereocenters. The number of hydrogen-bond acceptors (Lipinski definition) is 3. The summed E-state index contributed by atoms with van der Waals surface area (Å²) in [6, 6.07) is 5.17. The fourth-order valence-corrected chi connectivity index (χ4v) is 2.67. The lowest BCUT2D eigenvalue weighted by molar-refractivity contribution is -0.137. The van der Waals surface area contributed by atoms with Crippen LogP contribution >= 0.6 is 27.5 Å². The number of piperazine rings is 1. The molecule has 2 rings (SSSR count). The Labute approximate surface area is 136 Å². The van der Waals surface area contributed by atoms with Crippen LogP contribution in [0.2, 0.25) is 5.02 Å². The molecule has 1 fully saturated rings. The van der Waals surface area contributed by atoms with E-state index in [1.165, 1.54) is 0 Å². The topological polar surface area (TPSA) is 60.9 Å². The van der Waals surface area contributed by atoms with Gasteiger partial charge in [-0.3, -0.25) is 14.5 Å². The third-order valence-corrected chi connectivity index (χ3v) is 4.70. The molecule has 1 saturated heterocycles. The van der Waals surface area contributed by atoms with Gasteiger partial charge in [0, 0.05) is 42.8 Å². The van der Waals surface area contributed by atoms with Crippen LogP contribution < -0.4 is 0 Å². The van der Waals surface area contributed by atoms with Crippen molar-refractivity contribution in [1.82, 2.24) is 9.80 Å². The molecule has 0 spiro atoms. The first-order chi connectivity index (χ1) is 9.97. The van der Waals surface area contributed by atoms with Gasteiger partial charge in [-0.05, 0) is 34.1 Å². The Morgan fingerprint density at radius 3 is 2.48 bits per heavy atom. The van der Waals surface area contributed by atoms with Crippen molar-refractivity contribution in [1.29, 1.82) is 0 Å². The predicted molar refractivity (Wildman–Crippen MR) is 83.7 cm³/mol.